The van der Waals surface area contributed by atoms with E-state index >= 15 is 0 Å². The maximum atomic E-state index is 12.0. The van der Waals surface area contributed by atoms with Gasteiger partial charge in [-0.05, 0) is 37.2 Å². The molecule has 1 saturated heterocycles. The number of aliphatic hydroxyl groups is 1. The smallest absolute Gasteiger partial charge is 0.407 e. The van der Waals surface area contributed by atoms with E-state index in [1.807, 2.05) is 18.2 Å². The summed E-state index contributed by atoms with van der Waals surface area (Å²) >= 11 is 0. The van der Waals surface area contributed by atoms with Crippen molar-refractivity contribution in [2.24, 2.45) is 5.92 Å². The van der Waals surface area contributed by atoms with Crippen LogP contribution in [0.3, 0.4) is 0 Å². The minimum Gasteiger partial charge on any atom is -0.453 e. The molecule has 1 aromatic rings. The molecule has 2 N–H and O–H groups in total. The largest absolute Gasteiger partial charge is 0.453 e. The first-order valence-corrected chi connectivity index (χ1v) is 8.41. The molecule has 6 nitrogen and oxygen atoms in total. The second-order valence-corrected chi connectivity index (χ2v) is 6.15. The Hall–Kier alpha value is -2.08. The van der Waals surface area contributed by atoms with Gasteiger partial charge in [-0.2, -0.15) is 0 Å². The maximum absolute atomic E-state index is 12.0. The summed E-state index contributed by atoms with van der Waals surface area (Å²) in [6, 6.07) is 10.1. The molecule has 0 bridgehead atoms. The number of likely N-dealkylation sites (tertiary alicyclic amines) is 1. The third-order valence-corrected chi connectivity index (χ3v) is 4.58. The SMILES string of the molecule is COC(=O)NCC(=O)N1CCC([C@@H](O)CCc2ccccc2)CC1. The Morgan fingerprint density at radius 2 is 1.96 bits per heavy atom. The average molecular weight is 334 g/mol. The third-order valence-electron chi connectivity index (χ3n) is 4.58. The summed E-state index contributed by atoms with van der Waals surface area (Å²) in [5, 5.41) is 12.8. The molecule has 2 rings (SSSR count). The van der Waals surface area contributed by atoms with E-state index in [-0.39, 0.29) is 24.5 Å². The lowest BCUT2D eigenvalue weighted by Crippen LogP contribution is -2.45. The molecular formula is C18H26N2O4. The molecular weight excluding hydrogens is 308 g/mol. The Kier molecular flexibility index (Phi) is 7.06. The van der Waals surface area contributed by atoms with Gasteiger partial charge >= 0.3 is 6.09 Å². The maximum Gasteiger partial charge on any atom is 0.407 e. The molecule has 1 atom stereocenters. The van der Waals surface area contributed by atoms with Gasteiger partial charge in [0.15, 0.2) is 0 Å². The number of alkyl carbamates (subject to hydrolysis) is 1. The number of aryl methyl sites for hydroxylation is 1. The van der Waals surface area contributed by atoms with E-state index in [0.29, 0.717) is 13.1 Å². The predicted molar refractivity (Wildman–Crippen MR) is 90.5 cm³/mol. The number of hydrogen-bond acceptors (Lipinski definition) is 4. The summed E-state index contributed by atoms with van der Waals surface area (Å²) in [7, 11) is 1.27. The number of nitrogens with one attached hydrogen (secondary N) is 1. The van der Waals surface area contributed by atoms with Crippen LogP contribution in [0, 0.1) is 5.92 Å². The van der Waals surface area contributed by atoms with Gasteiger partial charge in [-0.25, -0.2) is 4.79 Å². The van der Waals surface area contributed by atoms with Crippen LogP contribution < -0.4 is 5.32 Å². The van der Waals surface area contributed by atoms with Gasteiger partial charge in [0.2, 0.25) is 5.91 Å². The van der Waals surface area contributed by atoms with Crippen LogP contribution in [0.5, 0.6) is 0 Å². The highest BCUT2D eigenvalue weighted by Gasteiger charge is 2.27. The molecule has 0 saturated carbocycles. The van der Waals surface area contributed by atoms with E-state index in [1.165, 1.54) is 12.7 Å². The Morgan fingerprint density at radius 1 is 1.29 bits per heavy atom. The number of carbonyl (C=O) groups is 2. The van der Waals surface area contributed by atoms with Crippen LogP contribution in [0.4, 0.5) is 4.79 Å². The third kappa shape index (κ3) is 5.53. The molecule has 1 aliphatic rings. The van der Waals surface area contributed by atoms with Gasteiger partial charge in [0.1, 0.15) is 6.54 Å². The van der Waals surface area contributed by atoms with Gasteiger partial charge in [-0.1, -0.05) is 30.3 Å². The van der Waals surface area contributed by atoms with E-state index in [0.717, 1.165) is 25.7 Å². The van der Waals surface area contributed by atoms with Crippen molar-refractivity contribution in [3.05, 3.63) is 35.9 Å². The fourth-order valence-corrected chi connectivity index (χ4v) is 3.06. The first kappa shape index (κ1) is 18.3. The quantitative estimate of drug-likeness (QED) is 0.828. The van der Waals surface area contributed by atoms with Crippen LogP contribution in [-0.4, -0.2) is 54.9 Å². The molecule has 0 aromatic heterocycles. The van der Waals surface area contributed by atoms with Crippen molar-refractivity contribution >= 4 is 12.0 Å². The van der Waals surface area contributed by atoms with E-state index in [2.05, 4.69) is 22.2 Å². The zero-order valence-electron chi connectivity index (χ0n) is 14.1. The summed E-state index contributed by atoms with van der Waals surface area (Å²) in [5.74, 6) is 0.115. The van der Waals surface area contributed by atoms with Crippen molar-refractivity contribution < 1.29 is 19.4 Å². The fraction of sp³-hybridized carbons (Fsp3) is 0.556. The van der Waals surface area contributed by atoms with Gasteiger partial charge in [0.05, 0.1) is 13.2 Å². The number of nitrogens with zero attached hydrogens (tertiary/aromatic N) is 1. The van der Waals surface area contributed by atoms with Crippen molar-refractivity contribution in [3.8, 4) is 0 Å². The van der Waals surface area contributed by atoms with E-state index in [1.54, 1.807) is 4.90 Å². The Balaban J connectivity index is 1.69. The average Bonchev–Trinajstić information content (AvgIpc) is 2.64. The lowest BCUT2D eigenvalue weighted by molar-refractivity contribution is -0.132. The molecule has 2 amide bonds. The summed E-state index contributed by atoms with van der Waals surface area (Å²) in [6.45, 7) is 1.19. The van der Waals surface area contributed by atoms with E-state index in [4.69, 9.17) is 0 Å². The molecule has 0 spiro atoms. The van der Waals surface area contributed by atoms with Crippen molar-refractivity contribution in [2.45, 2.75) is 31.8 Å². The molecule has 132 valence electrons. The zero-order valence-corrected chi connectivity index (χ0v) is 14.1. The lowest BCUT2D eigenvalue weighted by atomic mass is 9.88. The van der Waals surface area contributed by atoms with Crippen LogP contribution in [0.1, 0.15) is 24.8 Å². The highest BCUT2D eigenvalue weighted by molar-refractivity contribution is 5.82. The molecule has 1 heterocycles. The summed E-state index contributed by atoms with van der Waals surface area (Å²) < 4.78 is 4.45. The molecule has 6 heteroatoms. The lowest BCUT2D eigenvalue weighted by Gasteiger charge is -2.34. The fourth-order valence-electron chi connectivity index (χ4n) is 3.06. The number of rotatable bonds is 6. The van der Waals surface area contributed by atoms with Crippen molar-refractivity contribution in [3.63, 3.8) is 0 Å². The first-order chi connectivity index (χ1) is 11.6. The number of methoxy groups -OCH3 is 1. The van der Waals surface area contributed by atoms with E-state index in [9.17, 15) is 14.7 Å². The van der Waals surface area contributed by atoms with Gasteiger partial charge in [-0.15, -0.1) is 0 Å². The summed E-state index contributed by atoms with van der Waals surface area (Å²) in [6.07, 6.45) is 2.25. The van der Waals surface area contributed by atoms with Crippen molar-refractivity contribution in [1.82, 2.24) is 10.2 Å². The summed E-state index contributed by atoms with van der Waals surface area (Å²) in [5.41, 5.74) is 1.23. The standard InChI is InChI=1S/C18H26N2O4/c1-24-18(23)19-13-17(22)20-11-9-15(10-12-20)16(21)8-7-14-5-3-2-4-6-14/h2-6,15-16,21H,7-13H2,1H3,(H,19,23)/t16-/m0/s1. The van der Waals surface area contributed by atoms with Crippen LogP contribution in [0.25, 0.3) is 0 Å². The molecule has 1 aliphatic heterocycles. The normalized spacial score (nSPS) is 16.5. The number of hydrogen-bond donors (Lipinski definition) is 2. The highest BCUT2D eigenvalue weighted by Crippen LogP contribution is 2.23. The number of aliphatic hydroxyl groups excluding tert-OH is 1. The van der Waals surface area contributed by atoms with Crippen molar-refractivity contribution in [2.75, 3.05) is 26.7 Å². The number of piperidine rings is 1. The van der Waals surface area contributed by atoms with Crippen LogP contribution in [0.2, 0.25) is 0 Å². The van der Waals surface area contributed by atoms with Crippen LogP contribution >= 0.6 is 0 Å². The molecule has 0 unspecified atom stereocenters. The minimum atomic E-state index is -0.602. The second kappa shape index (κ2) is 9.27. The topological polar surface area (TPSA) is 78.9 Å². The Labute approximate surface area is 142 Å². The van der Waals surface area contributed by atoms with E-state index < -0.39 is 6.09 Å². The number of amides is 2. The highest BCUT2D eigenvalue weighted by atomic mass is 16.5. The van der Waals surface area contributed by atoms with Gasteiger partial charge < -0.3 is 20.1 Å². The monoisotopic (exact) mass is 334 g/mol. The van der Waals surface area contributed by atoms with Gasteiger partial charge in [0, 0.05) is 13.1 Å². The molecule has 0 radical (unpaired) electrons. The Bertz CT molecular complexity index is 527. The molecule has 1 fully saturated rings. The first-order valence-electron chi connectivity index (χ1n) is 8.41. The number of carbonyl (C=O) groups excluding carboxylic acids is 2. The predicted octanol–water partition coefficient (Wildman–Crippen LogP) is 1.57. The van der Waals surface area contributed by atoms with Crippen molar-refractivity contribution in [1.29, 1.82) is 0 Å². The summed E-state index contributed by atoms with van der Waals surface area (Å²) in [4.78, 5) is 24.7. The van der Waals surface area contributed by atoms with Crippen LogP contribution in [0.15, 0.2) is 30.3 Å². The zero-order chi connectivity index (χ0) is 17.4. The second-order valence-electron chi connectivity index (χ2n) is 6.15. The Morgan fingerprint density at radius 3 is 2.58 bits per heavy atom. The minimum absolute atomic E-state index is 0.0477. The molecule has 0 aliphatic carbocycles. The molecule has 24 heavy (non-hydrogen) atoms. The molecule has 1 aromatic carbocycles. The van der Waals surface area contributed by atoms with Gasteiger partial charge in [-0.3, -0.25) is 4.79 Å². The van der Waals surface area contributed by atoms with Gasteiger partial charge in [0.25, 0.3) is 0 Å². The number of benzene rings is 1. The number of ether oxygens (including phenoxy) is 1. The van der Waals surface area contributed by atoms with Crippen LogP contribution in [-0.2, 0) is 16.0 Å².